The smallest absolute Gasteiger partial charge is 0.303 e. The van der Waals surface area contributed by atoms with E-state index in [1.165, 1.54) is 25.7 Å². The molecule has 0 aromatic rings. The van der Waals surface area contributed by atoms with Gasteiger partial charge in [-0.3, -0.25) is 4.79 Å². The van der Waals surface area contributed by atoms with Gasteiger partial charge in [0.1, 0.15) is 0 Å². The van der Waals surface area contributed by atoms with E-state index in [1.807, 2.05) is 0 Å². The molecule has 0 bridgehead atoms. The molecule has 0 amide bonds. The van der Waals surface area contributed by atoms with Crippen molar-refractivity contribution in [3.8, 4) is 0 Å². The Hall–Kier alpha value is -0.530. The molecule has 0 heterocycles. The van der Waals surface area contributed by atoms with Gasteiger partial charge in [0.05, 0.1) is 0 Å². The van der Waals surface area contributed by atoms with E-state index >= 15 is 0 Å². The number of hydrogen-bond acceptors (Lipinski definition) is 1. The fourth-order valence-corrected chi connectivity index (χ4v) is 2.13. The molecule has 1 aliphatic rings. The van der Waals surface area contributed by atoms with E-state index < -0.39 is 5.97 Å². The van der Waals surface area contributed by atoms with E-state index in [9.17, 15) is 4.79 Å². The van der Waals surface area contributed by atoms with Gasteiger partial charge in [0.15, 0.2) is 0 Å². The quantitative estimate of drug-likeness (QED) is 0.707. The molecule has 1 aliphatic carbocycles. The van der Waals surface area contributed by atoms with Gasteiger partial charge >= 0.3 is 5.97 Å². The van der Waals surface area contributed by atoms with Crippen LogP contribution in [0.4, 0.5) is 0 Å². The summed E-state index contributed by atoms with van der Waals surface area (Å²) in [5, 5.41) is 8.53. The minimum atomic E-state index is -0.646. The Labute approximate surface area is 74.0 Å². The number of hydrogen-bond donors (Lipinski definition) is 1. The highest BCUT2D eigenvalue weighted by molar-refractivity contribution is 5.66. The van der Waals surface area contributed by atoms with Crippen LogP contribution in [0.5, 0.6) is 0 Å². The number of aliphatic carboxylic acids is 1. The molecule has 0 aromatic carbocycles. The first-order chi connectivity index (χ1) is 5.70. The molecule has 0 aliphatic heterocycles. The zero-order chi connectivity index (χ0) is 8.97. The van der Waals surface area contributed by atoms with Gasteiger partial charge in [0, 0.05) is 6.42 Å². The van der Waals surface area contributed by atoms with E-state index in [1.54, 1.807) is 0 Å². The van der Waals surface area contributed by atoms with Crippen LogP contribution in [0.1, 0.15) is 45.4 Å². The zero-order valence-electron chi connectivity index (χ0n) is 7.75. The molecule has 2 heteroatoms. The molecule has 70 valence electrons. The van der Waals surface area contributed by atoms with E-state index in [-0.39, 0.29) is 0 Å². The summed E-state index contributed by atoms with van der Waals surface area (Å²) in [5.74, 6) is 0.778. The summed E-state index contributed by atoms with van der Waals surface area (Å²) in [6.45, 7) is 2.26. The molecule has 0 saturated heterocycles. The van der Waals surface area contributed by atoms with E-state index in [2.05, 4.69) is 6.92 Å². The molecule has 1 rings (SSSR count). The minimum Gasteiger partial charge on any atom is -0.481 e. The predicted octanol–water partition coefficient (Wildman–Crippen LogP) is 2.68. The van der Waals surface area contributed by atoms with Gasteiger partial charge < -0.3 is 5.11 Å². The average Bonchev–Trinajstić information content (AvgIpc) is 2.03. The van der Waals surface area contributed by atoms with Crippen LogP contribution >= 0.6 is 0 Å². The summed E-state index contributed by atoms with van der Waals surface area (Å²) in [7, 11) is 0. The second kappa shape index (κ2) is 4.48. The monoisotopic (exact) mass is 170 g/mol. The highest BCUT2D eigenvalue weighted by atomic mass is 16.4. The van der Waals surface area contributed by atoms with Gasteiger partial charge in [-0.1, -0.05) is 32.6 Å². The molecule has 2 atom stereocenters. The summed E-state index contributed by atoms with van der Waals surface area (Å²) >= 11 is 0. The molecular formula is C10H18O2. The Kier molecular flexibility index (Phi) is 3.57. The third-order valence-corrected chi connectivity index (χ3v) is 3.02. The Bertz CT molecular complexity index is 154. The van der Waals surface area contributed by atoms with Crippen molar-refractivity contribution in [2.24, 2.45) is 11.8 Å². The molecule has 1 saturated carbocycles. The first-order valence-electron chi connectivity index (χ1n) is 4.92. The number of rotatable bonds is 3. The predicted molar refractivity (Wildman–Crippen MR) is 48.0 cm³/mol. The van der Waals surface area contributed by atoms with Gasteiger partial charge in [0.25, 0.3) is 0 Å². The van der Waals surface area contributed by atoms with Crippen molar-refractivity contribution in [1.29, 1.82) is 0 Å². The van der Waals surface area contributed by atoms with Gasteiger partial charge in [-0.2, -0.15) is 0 Å². The maximum atomic E-state index is 10.3. The van der Waals surface area contributed by atoms with Crippen LogP contribution in [0.2, 0.25) is 0 Å². The van der Waals surface area contributed by atoms with Gasteiger partial charge in [-0.05, 0) is 18.3 Å². The lowest BCUT2D eigenvalue weighted by molar-refractivity contribution is -0.137. The highest BCUT2D eigenvalue weighted by Crippen LogP contribution is 2.32. The largest absolute Gasteiger partial charge is 0.481 e. The van der Waals surface area contributed by atoms with Crippen LogP contribution in [-0.2, 0) is 4.79 Å². The lowest BCUT2D eigenvalue weighted by atomic mass is 9.78. The molecule has 2 nitrogen and oxygen atoms in total. The zero-order valence-corrected chi connectivity index (χ0v) is 7.75. The molecule has 1 N–H and O–H groups in total. The third kappa shape index (κ3) is 2.84. The molecule has 12 heavy (non-hydrogen) atoms. The minimum absolute atomic E-state index is 0.356. The maximum absolute atomic E-state index is 10.3. The van der Waals surface area contributed by atoms with Crippen molar-refractivity contribution in [1.82, 2.24) is 0 Å². The van der Waals surface area contributed by atoms with Crippen LogP contribution in [0, 0.1) is 11.8 Å². The highest BCUT2D eigenvalue weighted by Gasteiger charge is 2.21. The second-order valence-corrected chi connectivity index (χ2v) is 3.95. The van der Waals surface area contributed by atoms with Crippen LogP contribution in [0.3, 0.4) is 0 Å². The summed E-state index contributed by atoms with van der Waals surface area (Å²) in [6, 6.07) is 0. The molecular weight excluding hydrogens is 152 g/mol. The summed E-state index contributed by atoms with van der Waals surface area (Å²) in [4.78, 5) is 10.3. The van der Waals surface area contributed by atoms with Crippen molar-refractivity contribution < 1.29 is 9.90 Å². The van der Waals surface area contributed by atoms with Gasteiger partial charge in [-0.25, -0.2) is 0 Å². The van der Waals surface area contributed by atoms with Crippen LogP contribution in [0.25, 0.3) is 0 Å². The standard InChI is InChI=1S/C10H18O2/c1-8-4-2-3-5-9(8)6-7-10(11)12/h8-9H,2-7H2,1H3,(H,11,12). The fraction of sp³-hybridized carbons (Fsp3) is 0.900. The molecule has 1 fully saturated rings. The van der Waals surface area contributed by atoms with Gasteiger partial charge in [-0.15, -0.1) is 0 Å². The van der Waals surface area contributed by atoms with E-state index in [4.69, 9.17) is 5.11 Å². The van der Waals surface area contributed by atoms with Crippen molar-refractivity contribution in [2.75, 3.05) is 0 Å². The number of carboxylic acid groups (broad SMARTS) is 1. The Morgan fingerprint density at radius 3 is 2.67 bits per heavy atom. The van der Waals surface area contributed by atoms with Crippen molar-refractivity contribution in [3.05, 3.63) is 0 Å². The average molecular weight is 170 g/mol. The van der Waals surface area contributed by atoms with Gasteiger partial charge in [0.2, 0.25) is 0 Å². The van der Waals surface area contributed by atoms with Crippen LogP contribution in [-0.4, -0.2) is 11.1 Å². The lowest BCUT2D eigenvalue weighted by Crippen LogP contribution is -2.17. The lowest BCUT2D eigenvalue weighted by Gasteiger charge is -2.28. The van der Waals surface area contributed by atoms with Crippen molar-refractivity contribution in [3.63, 3.8) is 0 Å². The van der Waals surface area contributed by atoms with Crippen molar-refractivity contribution in [2.45, 2.75) is 45.4 Å². The van der Waals surface area contributed by atoms with Crippen LogP contribution in [0.15, 0.2) is 0 Å². The first kappa shape index (κ1) is 9.56. The first-order valence-corrected chi connectivity index (χ1v) is 4.92. The van der Waals surface area contributed by atoms with E-state index in [0.717, 1.165) is 12.3 Å². The number of carbonyl (C=O) groups is 1. The Morgan fingerprint density at radius 2 is 2.08 bits per heavy atom. The molecule has 0 radical (unpaired) electrons. The number of carboxylic acids is 1. The summed E-state index contributed by atoms with van der Waals surface area (Å²) < 4.78 is 0. The molecule has 0 aromatic heterocycles. The summed E-state index contributed by atoms with van der Waals surface area (Å²) in [5.41, 5.74) is 0. The topological polar surface area (TPSA) is 37.3 Å². The maximum Gasteiger partial charge on any atom is 0.303 e. The summed E-state index contributed by atoms with van der Waals surface area (Å²) in [6.07, 6.45) is 6.42. The SMILES string of the molecule is CC1CCCCC1CCC(=O)O. The van der Waals surface area contributed by atoms with Crippen LogP contribution < -0.4 is 0 Å². The fourth-order valence-electron chi connectivity index (χ4n) is 2.13. The normalized spacial score (nSPS) is 30.1. The van der Waals surface area contributed by atoms with E-state index in [0.29, 0.717) is 12.3 Å². The Balaban J connectivity index is 2.24. The Morgan fingerprint density at radius 1 is 1.42 bits per heavy atom. The molecule has 0 spiro atoms. The third-order valence-electron chi connectivity index (χ3n) is 3.02. The second-order valence-electron chi connectivity index (χ2n) is 3.95. The van der Waals surface area contributed by atoms with Crippen molar-refractivity contribution >= 4 is 5.97 Å². The molecule has 2 unspecified atom stereocenters.